The van der Waals surface area contributed by atoms with Gasteiger partial charge in [-0.05, 0) is 40.0 Å². The number of hydrogen-bond acceptors (Lipinski definition) is 2. The quantitative estimate of drug-likeness (QED) is 0.908. The minimum Gasteiger partial charge on any atom is -0.323 e. The van der Waals surface area contributed by atoms with E-state index < -0.39 is 11.6 Å². The summed E-state index contributed by atoms with van der Waals surface area (Å²) in [5, 5.41) is 1.91. The van der Waals surface area contributed by atoms with Crippen LogP contribution < -0.4 is 5.73 Å². The van der Waals surface area contributed by atoms with Crippen LogP contribution in [0.3, 0.4) is 0 Å². The molecule has 0 saturated heterocycles. The Bertz CT molecular complexity index is 527. The monoisotopic (exact) mass is 317 g/mol. The summed E-state index contributed by atoms with van der Waals surface area (Å²) in [7, 11) is 0. The van der Waals surface area contributed by atoms with Crippen molar-refractivity contribution in [1.29, 1.82) is 0 Å². The normalized spacial score (nSPS) is 12.7. The van der Waals surface area contributed by atoms with Crippen molar-refractivity contribution in [3.63, 3.8) is 0 Å². The van der Waals surface area contributed by atoms with E-state index >= 15 is 0 Å². The summed E-state index contributed by atoms with van der Waals surface area (Å²) in [6, 6.07) is 5.73. The highest BCUT2D eigenvalue weighted by molar-refractivity contribution is 9.10. The third-order valence-corrected chi connectivity index (χ3v) is 4.25. The average Bonchev–Trinajstić information content (AvgIpc) is 2.72. The van der Waals surface area contributed by atoms with E-state index in [4.69, 9.17) is 5.73 Å². The predicted octanol–water partition coefficient (Wildman–Crippen LogP) is 4.03. The number of benzene rings is 1. The van der Waals surface area contributed by atoms with Gasteiger partial charge in [-0.1, -0.05) is 12.1 Å². The minimum atomic E-state index is -0.831. The van der Waals surface area contributed by atoms with Crippen LogP contribution in [-0.2, 0) is 6.42 Å². The summed E-state index contributed by atoms with van der Waals surface area (Å²) < 4.78 is 27.4. The molecule has 2 rings (SSSR count). The van der Waals surface area contributed by atoms with Gasteiger partial charge in [-0.15, -0.1) is 11.3 Å². The van der Waals surface area contributed by atoms with Gasteiger partial charge in [0.15, 0.2) is 11.6 Å². The molecule has 90 valence electrons. The molecule has 1 aromatic carbocycles. The van der Waals surface area contributed by atoms with Gasteiger partial charge in [-0.25, -0.2) is 8.78 Å². The zero-order valence-electron chi connectivity index (χ0n) is 8.79. The molecular weight excluding hydrogens is 308 g/mol. The molecule has 1 nitrogen and oxygen atoms in total. The van der Waals surface area contributed by atoms with Gasteiger partial charge in [0.2, 0.25) is 0 Å². The molecule has 0 amide bonds. The molecule has 0 spiro atoms. The van der Waals surface area contributed by atoms with Crippen molar-refractivity contribution in [1.82, 2.24) is 0 Å². The van der Waals surface area contributed by atoms with Crippen molar-refractivity contribution in [3.8, 4) is 0 Å². The molecule has 1 heterocycles. The van der Waals surface area contributed by atoms with E-state index in [2.05, 4.69) is 15.9 Å². The van der Waals surface area contributed by atoms with Crippen LogP contribution in [0.1, 0.15) is 16.5 Å². The first-order valence-corrected chi connectivity index (χ1v) is 6.67. The van der Waals surface area contributed by atoms with Crippen LogP contribution in [0.4, 0.5) is 8.78 Å². The molecule has 0 aliphatic carbocycles. The summed E-state index contributed by atoms with van der Waals surface area (Å²) in [5.74, 6) is -1.64. The highest BCUT2D eigenvalue weighted by atomic mass is 79.9. The van der Waals surface area contributed by atoms with Crippen molar-refractivity contribution in [2.75, 3.05) is 0 Å². The Morgan fingerprint density at radius 1 is 1.35 bits per heavy atom. The maximum atomic E-state index is 13.4. The number of rotatable bonds is 3. The molecule has 5 heteroatoms. The van der Waals surface area contributed by atoms with Crippen LogP contribution in [0, 0.1) is 11.6 Å². The molecule has 2 aromatic rings. The highest BCUT2D eigenvalue weighted by Crippen LogP contribution is 2.27. The molecule has 1 atom stereocenters. The van der Waals surface area contributed by atoms with Crippen LogP contribution >= 0.6 is 27.3 Å². The van der Waals surface area contributed by atoms with Crippen molar-refractivity contribution in [2.45, 2.75) is 12.5 Å². The van der Waals surface area contributed by atoms with E-state index in [0.29, 0.717) is 5.56 Å². The van der Waals surface area contributed by atoms with E-state index in [9.17, 15) is 8.78 Å². The molecule has 0 aliphatic rings. The molecule has 0 fully saturated rings. The second-order valence-corrected chi connectivity index (χ2v) is 5.55. The Kier molecular flexibility index (Phi) is 3.91. The van der Waals surface area contributed by atoms with Gasteiger partial charge in [0.05, 0.1) is 0 Å². The fraction of sp³-hybridized carbons (Fsp3) is 0.167. The van der Waals surface area contributed by atoms with Crippen LogP contribution in [0.15, 0.2) is 34.1 Å². The van der Waals surface area contributed by atoms with Gasteiger partial charge < -0.3 is 5.73 Å². The van der Waals surface area contributed by atoms with E-state index in [-0.39, 0.29) is 12.5 Å². The van der Waals surface area contributed by atoms with E-state index in [0.717, 1.165) is 15.4 Å². The second-order valence-electron chi connectivity index (χ2n) is 3.69. The lowest BCUT2D eigenvalue weighted by Crippen LogP contribution is -2.13. The molecule has 2 N–H and O–H groups in total. The van der Waals surface area contributed by atoms with Crippen molar-refractivity contribution in [2.24, 2.45) is 5.73 Å². The summed E-state index contributed by atoms with van der Waals surface area (Å²) in [6.07, 6.45) is 0.288. The number of nitrogens with two attached hydrogens (primary N) is 1. The highest BCUT2D eigenvalue weighted by Gasteiger charge is 2.14. The Labute approximate surface area is 110 Å². The maximum Gasteiger partial charge on any atom is 0.162 e. The minimum absolute atomic E-state index is 0.288. The Morgan fingerprint density at radius 2 is 2.12 bits per heavy atom. The van der Waals surface area contributed by atoms with Gasteiger partial charge in [0, 0.05) is 20.8 Å². The van der Waals surface area contributed by atoms with Crippen LogP contribution in [0.5, 0.6) is 0 Å². The summed E-state index contributed by atoms with van der Waals surface area (Å²) in [4.78, 5) is 0.945. The third kappa shape index (κ3) is 2.91. The first-order valence-electron chi connectivity index (χ1n) is 5.00. The van der Waals surface area contributed by atoms with Gasteiger partial charge in [0.1, 0.15) is 0 Å². The molecule has 17 heavy (non-hydrogen) atoms. The van der Waals surface area contributed by atoms with Gasteiger partial charge in [-0.2, -0.15) is 0 Å². The molecule has 1 unspecified atom stereocenters. The fourth-order valence-corrected chi connectivity index (χ4v) is 3.01. The Balaban J connectivity index is 2.18. The number of thiophene rings is 1. The second kappa shape index (κ2) is 5.25. The lowest BCUT2D eigenvalue weighted by atomic mass is 10.0. The van der Waals surface area contributed by atoms with Crippen LogP contribution in [-0.4, -0.2) is 0 Å². The molecule has 0 saturated carbocycles. The summed E-state index contributed by atoms with van der Waals surface area (Å²) in [5.41, 5.74) is 6.27. The largest absolute Gasteiger partial charge is 0.323 e. The predicted molar refractivity (Wildman–Crippen MR) is 69.0 cm³/mol. The van der Waals surface area contributed by atoms with Gasteiger partial charge in [0.25, 0.3) is 0 Å². The first-order chi connectivity index (χ1) is 8.08. The van der Waals surface area contributed by atoms with E-state index in [1.165, 1.54) is 17.4 Å². The zero-order valence-corrected chi connectivity index (χ0v) is 11.2. The third-order valence-electron chi connectivity index (χ3n) is 2.42. The van der Waals surface area contributed by atoms with E-state index in [1.807, 2.05) is 11.4 Å². The standard InChI is InChI=1S/C12H10BrF2NS/c13-8-5-11(17-6-8)10(16)4-7-2-1-3-9(14)12(7)15/h1-3,5-6,10H,4,16H2. The number of halogens is 3. The summed E-state index contributed by atoms with van der Waals surface area (Å²) in [6.45, 7) is 0. The summed E-state index contributed by atoms with van der Waals surface area (Å²) >= 11 is 4.83. The fourth-order valence-electron chi connectivity index (χ4n) is 1.57. The lowest BCUT2D eigenvalue weighted by Gasteiger charge is -2.10. The van der Waals surface area contributed by atoms with Crippen LogP contribution in [0.2, 0.25) is 0 Å². The average molecular weight is 318 g/mol. The van der Waals surface area contributed by atoms with E-state index in [1.54, 1.807) is 6.07 Å². The smallest absolute Gasteiger partial charge is 0.162 e. The van der Waals surface area contributed by atoms with Gasteiger partial charge >= 0.3 is 0 Å². The van der Waals surface area contributed by atoms with Crippen LogP contribution in [0.25, 0.3) is 0 Å². The Morgan fingerprint density at radius 3 is 2.76 bits per heavy atom. The molecule has 0 bridgehead atoms. The molecule has 0 radical (unpaired) electrons. The van der Waals surface area contributed by atoms with Crippen molar-refractivity contribution in [3.05, 3.63) is 56.2 Å². The Hall–Kier alpha value is -0.780. The topological polar surface area (TPSA) is 26.0 Å². The van der Waals surface area contributed by atoms with Gasteiger partial charge in [-0.3, -0.25) is 0 Å². The first kappa shape index (κ1) is 12.7. The zero-order chi connectivity index (χ0) is 12.4. The lowest BCUT2D eigenvalue weighted by molar-refractivity contribution is 0.494. The van der Waals surface area contributed by atoms with Crippen molar-refractivity contribution >= 4 is 27.3 Å². The molecule has 0 aliphatic heterocycles. The van der Waals surface area contributed by atoms with Crippen molar-refractivity contribution < 1.29 is 8.78 Å². The molecule has 1 aromatic heterocycles. The molecular formula is C12H10BrF2NS. The maximum absolute atomic E-state index is 13.4. The SMILES string of the molecule is NC(Cc1cccc(F)c1F)c1cc(Br)cs1. The number of hydrogen-bond donors (Lipinski definition) is 1.